The van der Waals surface area contributed by atoms with Crippen molar-refractivity contribution in [2.45, 2.75) is 31.7 Å². The van der Waals surface area contributed by atoms with Crippen molar-refractivity contribution in [3.63, 3.8) is 0 Å². The Morgan fingerprint density at radius 2 is 2.43 bits per heavy atom. The quantitative estimate of drug-likeness (QED) is 0.576. The number of nitrogens with one attached hydrogen (secondary N) is 1. The van der Waals surface area contributed by atoms with Gasteiger partial charge in [0.05, 0.1) is 6.54 Å². The van der Waals surface area contributed by atoms with Crippen LogP contribution in [0.3, 0.4) is 0 Å². The van der Waals surface area contributed by atoms with E-state index in [0.29, 0.717) is 0 Å². The molecule has 0 aromatic carbocycles. The molecule has 80 valence electrons. The van der Waals surface area contributed by atoms with E-state index >= 15 is 0 Å². The molecule has 0 aliphatic heterocycles. The number of alkyl halides is 1. The summed E-state index contributed by atoms with van der Waals surface area (Å²) in [5.74, 6) is 0.962. The molecule has 0 amide bonds. The Kier molecular flexibility index (Phi) is 4.90. The van der Waals surface area contributed by atoms with E-state index in [0.717, 1.165) is 31.8 Å². The van der Waals surface area contributed by atoms with Gasteiger partial charge in [0, 0.05) is 12.4 Å². The Hall–Kier alpha value is -0.610. The molecule has 1 atom stereocenters. The van der Waals surface area contributed by atoms with Gasteiger partial charge in [-0.15, -0.1) is 11.6 Å². The lowest BCUT2D eigenvalue weighted by Gasteiger charge is -2.04. The van der Waals surface area contributed by atoms with Gasteiger partial charge in [-0.1, -0.05) is 0 Å². The Labute approximate surface area is 89.7 Å². The first-order valence-corrected chi connectivity index (χ1v) is 5.31. The van der Waals surface area contributed by atoms with E-state index in [4.69, 9.17) is 11.6 Å². The first-order valence-electron chi connectivity index (χ1n) is 4.88. The van der Waals surface area contributed by atoms with Crippen molar-refractivity contribution in [3.8, 4) is 0 Å². The molecule has 0 saturated carbocycles. The number of hydrogen-bond acceptors (Lipinski definition) is 3. The SMILES string of the molecule is CC(Cl)CCCNCc1ncnn1C. The summed E-state index contributed by atoms with van der Waals surface area (Å²) in [5.41, 5.74) is 0. The highest BCUT2D eigenvalue weighted by Crippen LogP contribution is 2.02. The van der Waals surface area contributed by atoms with Crippen LogP contribution in [0.2, 0.25) is 0 Å². The Morgan fingerprint density at radius 3 is 3.00 bits per heavy atom. The van der Waals surface area contributed by atoms with Gasteiger partial charge in [-0.2, -0.15) is 5.10 Å². The van der Waals surface area contributed by atoms with E-state index < -0.39 is 0 Å². The maximum atomic E-state index is 5.83. The summed E-state index contributed by atoms with van der Waals surface area (Å²) in [6.07, 6.45) is 3.72. The van der Waals surface area contributed by atoms with Gasteiger partial charge in [-0.05, 0) is 26.3 Å². The summed E-state index contributed by atoms with van der Waals surface area (Å²) in [5, 5.41) is 7.56. The molecule has 0 saturated heterocycles. The lowest BCUT2D eigenvalue weighted by Crippen LogP contribution is -2.18. The topological polar surface area (TPSA) is 42.7 Å². The Balaban J connectivity index is 2.08. The zero-order valence-electron chi connectivity index (χ0n) is 8.70. The molecule has 0 spiro atoms. The van der Waals surface area contributed by atoms with Gasteiger partial charge >= 0.3 is 0 Å². The summed E-state index contributed by atoms with van der Waals surface area (Å²) >= 11 is 5.83. The van der Waals surface area contributed by atoms with Gasteiger partial charge in [0.25, 0.3) is 0 Å². The van der Waals surface area contributed by atoms with Crippen molar-refractivity contribution < 1.29 is 0 Å². The lowest BCUT2D eigenvalue weighted by molar-refractivity contribution is 0.582. The normalized spacial score (nSPS) is 13.1. The number of rotatable bonds is 6. The van der Waals surface area contributed by atoms with Crippen molar-refractivity contribution in [1.29, 1.82) is 0 Å². The molecule has 0 aliphatic carbocycles. The average Bonchev–Trinajstić information content (AvgIpc) is 2.51. The minimum atomic E-state index is 0.270. The second kappa shape index (κ2) is 5.98. The van der Waals surface area contributed by atoms with Gasteiger partial charge in [-0.3, -0.25) is 4.68 Å². The van der Waals surface area contributed by atoms with E-state index in [1.165, 1.54) is 0 Å². The zero-order valence-corrected chi connectivity index (χ0v) is 9.46. The predicted octanol–water partition coefficient (Wildman–Crippen LogP) is 1.31. The average molecular weight is 217 g/mol. The van der Waals surface area contributed by atoms with Crippen LogP contribution in [-0.4, -0.2) is 26.7 Å². The maximum absolute atomic E-state index is 5.83. The molecule has 1 aromatic rings. The van der Waals surface area contributed by atoms with Crippen LogP contribution in [-0.2, 0) is 13.6 Å². The highest BCUT2D eigenvalue weighted by atomic mass is 35.5. The third-order valence-corrected chi connectivity index (χ3v) is 2.26. The van der Waals surface area contributed by atoms with Crippen LogP contribution in [0.25, 0.3) is 0 Å². The molecular weight excluding hydrogens is 200 g/mol. The maximum Gasteiger partial charge on any atom is 0.140 e. The molecule has 1 unspecified atom stereocenters. The van der Waals surface area contributed by atoms with Crippen LogP contribution < -0.4 is 5.32 Å². The number of halogens is 1. The van der Waals surface area contributed by atoms with Crippen LogP contribution in [0.1, 0.15) is 25.6 Å². The molecular formula is C9H17ClN4. The number of nitrogens with zero attached hydrogens (tertiary/aromatic N) is 3. The minimum absolute atomic E-state index is 0.270. The van der Waals surface area contributed by atoms with Crippen LogP contribution in [0.5, 0.6) is 0 Å². The fourth-order valence-electron chi connectivity index (χ4n) is 1.19. The fraction of sp³-hybridized carbons (Fsp3) is 0.778. The summed E-state index contributed by atoms with van der Waals surface area (Å²) in [6, 6.07) is 0. The molecule has 1 heterocycles. The van der Waals surface area contributed by atoms with Gasteiger partial charge in [-0.25, -0.2) is 4.98 Å². The number of hydrogen-bond donors (Lipinski definition) is 1. The smallest absolute Gasteiger partial charge is 0.140 e. The lowest BCUT2D eigenvalue weighted by atomic mass is 10.2. The van der Waals surface area contributed by atoms with E-state index in [2.05, 4.69) is 15.4 Å². The second-order valence-electron chi connectivity index (χ2n) is 3.40. The van der Waals surface area contributed by atoms with Crippen molar-refractivity contribution >= 4 is 11.6 Å². The van der Waals surface area contributed by atoms with Crippen LogP contribution >= 0.6 is 11.6 Å². The third-order valence-electron chi connectivity index (χ3n) is 2.04. The molecule has 14 heavy (non-hydrogen) atoms. The van der Waals surface area contributed by atoms with Crippen LogP contribution in [0.4, 0.5) is 0 Å². The molecule has 0 radical (unpaired) electrons. The molecule has 5 heteroatoms. The Morgan fingerprint density at radius 1 is 1.64 bits per heavy atom. The van der Waals surface area contributed by atoms with Crippen molar-refractivity contribution in [2.75, 3.05) is 6.54 Å². The molecule has 0 fully saturated rings. The Bertz CT molecular complexity index is 259. The predicted molar refractivity (Wildman–Crippen MR) is 57.3 cm³/mol. The molecule has 0 bridgehead atoms. The third kappa shape index (κ3) is 4.07. The van der Waals surface area contributed by atoms with Crippen LogP contribution in [0.15, 0.2) is 6.33 Å². The first kappa shape index (κ1) is 11.5. The van der Waals surface area contributed by atoms with Gasteiger partial charge in [0.15, 0.2) is 0 Å². The molecule has 1 rings (SSSR count). The first-order chi connectivity index (χ1) is 6.70. The van der Waals surface area contributed by atoms with Gasteiger partial charge in [0.1, 0.15) is 12.2 Å². The fourth-order valence-corrected chi connectivity index (χ4v) is 1.34. The number of aromatic nitrogens is 3. The van der Waals surface area contributed by atoms with Crippen LogP contribution in [0, 0.1) is 0 Å². The highest BCUT2D eigenvalue weighted by Gasteiger charge is 1.99. The standard InChI is InChI=1S/C9H17ClN4/c1-8(10)4-3-5-11-6-9-12-7-13-14(9)2/h7-8,11H,3-6H2,1-2H3. The van der Waals surface area contributed by atoms with E-state index in [1.54, 1.807) is 11.0 Å². The number of aryl methyl sites for hydroxylation is 1. The van der Waals surface area contributed by atoms with Crippen molar-refractivity contribution in [2.24, 2.45) is 7.05 Å². The summed E-state index contributed by atoms with van der Waals surface area (Å²) in [6.45, 7) is 3.77. The van der Waals surface area contributed by atoms with E-state index in [-0.39, 0.29) is 5.38 Å². The van der Waals surface area contributed by atoms with Crippen molar-refractivity contribution in [1.82, 2.24) is 20.1 Å². The second-order valence-corrected chi connectivity index (χ2v) is 4.14. The van der Waals surface area contributed by atoms with Gasteiger partial charge in [0.2, 0.25) is 0 Å². The zero-order chi connectivity index (χ0) is 10.4. The minimum Gasteiger partial charge on any atom is -0.310 e. The monoisotopic (exact) mass is 216 g/mol. The van der Waals surface area contributed by atoms with E-state index in [9.17, 15) is 0 Å². The van der Waals surface area contributed by atoms with Gasteiger partial charge < -0.3 is 5.32 Å². The molecule has 4 nitrogen and oxygen atoms in total. The summed E-state index contributed by atoms with van der Waals surface area (Å²) in [7, 11) is 1.89. The summed E-state index contributed by atoms with van der Waals surface area (Å²) < 4.78 is 1.77. The van der Waals surface area contributed by atoms with E-state index in [1.807, 2.05) is 14.0 Å². The molecule has 1 N–H and O–H groups in total. The highest BCUT2D eigenvalue weighted by molar-refractivity contribution is 6.20. The molecule has 1 aromatic heterocycles. The van der Waals surface area contributed by atoms with Crippen molar-refractivity contribution in [3.05, 3.63) is 12.2 Å². The largest absolute Gasteiger partial charge is 0.310 e. The summed E-state index contributed by atoms with van der Waals surface area (Å²) in [4.78, 5) is 4.11. The molecule has 0 aliphatic rings.